The summed E-state index contributed by atoms with van der Waals surface area (Å²) in [6, 6.07) is 11.5. The summed E-state index contributed by atoms with van der Waals surface area (Å²) in [5, 5.41) is 15.6. The Labute approximate surface area is 126 Å². The Morgan fingerprint density at radius 3 is 2.68 bits per heavy atom. The number of phenolic OH excluding ortho intramolecular Hbond substituents is 1. The number of hydrogen-bond donors (Lipinski definition) is 3. The number of phenols is 1. The van der Waals surface area contributed by atoms with Crippen LogP contribution < -0.4 is 10.7 Å². The third-order valence-corrected chi connectivity index (χ3v) is 2.64. The Morgan fingerprint density at radius 1 is 1.18 bits per heavy atom. The van der Waals surface area contributed by atoms with E-state index in [9.17, 15) is 14.7 Å². The summed E-state index contributed by atoms with van der Waals surface area (Å²) in [6.07, 6.45) is 2.80. The Hall–Kier alpha value is -3.22. The van der Waals surface area contributed by atoms with Crippen molar-refractivity contribution in [3.63, 3.8) is 0 Å². The Morgan fingerprint density at radius 2 is 1.95 bits per heavy atom. The van der Waals surface area contributed by atoms with Crippen molar-refractivity contribution in [2.75, 3.05) is 6.54 Å². The van der Waals surface area contributed by atoms with Crippen molar-refractivity contribution < 1.29 is 14.7 Å². The topological polar surface area (TPSA) is 104 Å². The van der Waals surface area contributed by atoms with Gasteiger partial charge in [0.25, 0.3) is 11.8 Å². The molecule has 0 fully saturated rings. The highest BCUT2D eigenvalue weighted by Crippen LogP contribution is 2.12. The first-order valence-electron chi connectivity index (χ1n) is 6.46. The average Bonchev–Trinajstić information content (AvgIpc) is 2.55. The van der Waals surface area contributed by atoms with E-state index in [4.69, 9.17) is 0 Å². The molecule has 0 aliphatic carbocycles. The van der Waals surface area contributed by atoms with E-state index in [1.807, 2.05) is 0 Å². The zero-order chi connectivity index (χ0) is 15.8. The zero-order valence-corrected chi connectivity index (χ0v) is 11.6. The molecule has 1 aromatic heterocycles. The van der Waals surface area contributed by atoms with Crippen molar-refractivity contribution in [1.29, 1.82) is 0 Å². The molecule has 0 atom stereocenters. The van der Waals surface area contributed by atoms with E-state index >= 15 is 0 Å². The molecule has 112 valence electrons. The van der Waals surface area contributed by atoms with Gasteiger partial charge in [0.2, 0.25) is 0 Å². The Bertz CT molecular complexity index is 686. The molecule has 7 heteroatoms. The highest BCUT2D eigenvalue weighted by Gasteiger charge is 2.07. The number of nitrogens with zero attached hydrogens (tertiary/aromatic N) is 2. The van der Waals surface area contributed by atoms with E-state index in [1.165, 1.54) is 18.5 Å². The Kier molecular flexibility index (Phi) is 5.20. The molecule has 0 aliphatic heterocycles. The standard InChI is InChI=1S/C15H14N4O3/c20-13-7-2-1-5-11(13)9-18-19-14(21)10-17-15(22)12-6-3-4-8-16-12/h1-9,20H,10H2,(H,17,22)(H,19,21). The number of benzene rings is 1. The lowest BCUT2D eigenvalue weighted by Crippen LogP contribution is -2.35. The number of pyridine rings is 1. The highest BCUT2D eigenvalue weighted by molar-refractivity contribution is 5.95. The first-order valence-corrected chi connectivity index (χ1v) is 6.46. The quantitative estimate of drug-likeness (QED) is 0.557. The van der Waals surface area contributed by atoms with Crippen LogP contribution in [0.4, 0.5) is 0 Å². The smallest absolute Gasteiger partial charge is 0.270 e. The predicted octanol–water partition coefficient (Wildman–Crippen LogP) is 0.667. The third-order valence-electron chi connectivity index (χ3n) is 2.64. The van der Waals surface area contributed by atoms with E-state index in [2.05, 4.69) is 20.8 Å². The minimum absolute atomic E-state index is 0.0592. The summed E-state index contributed by atoms with van der Waals surface area (Å²) in [6.45, 7) is -0.229. The van der Waals surface area contributed by atoms with Gasteiger partial charge in [0, 0.05) is 11.8 Å². The average molecular weight is 298 g/mol. The van der Waals surface area contributed by atoms with Crippen molar-refractivity contribution in [3.05, 3.63) is 59.9 Å². The van der Waals surface area contributed by atoms with Crippen LogP contribution in [0, 0.1) is 0 Å². The molecule has 3 N–H and O–H groups in total. The monoisotopic (exact) mass is 298 g/mol. The number of amides is 2. The van der Waals surface area contributed by atoms with Crippen LogP contribution in [0.15, 0.2) is 53.8 Å². The molecule has 0 unspecified atom stereocenters. The summed E-state index contributed by atoms with van der Waals surface area (Å²) < 4.78 is 0. The van der Waals surface area contributed by atoms with Crippen LogP contribution in [-0.2, 0) is 4.79 Å². The number of para-hydroxylation sites is 1. The molecule has 0 saturated carbocycles. The van der Waals surface area contributed by atoms with E-state index in [0.29, 0.717) is 5.56 Å². The fourth-order valence-corrected chi connectivity index (χ4v) is 1.56. The molecular formula is C15H14N4O3. The van der Waals surface area contributed by atoms with Gasteiger partial charge in [-0.05, 0) is 24.3 Å². The van der Waals surface area contributed by atoms with Crippen LogP contribution in [0.2, 0.25) is 0 Å². The van der Waals surface area contributed by atoms with E-state index in [0.717, 1.165) is 0 Å². The van der Waals surface area contributed by atoms with Gasteiger partial charge in [-0.2, -0.15) is 5.10 Å². The molecule has 0 aliphatic rings. The fourth-order valence-electron chi connectivity index (χ4n) is 1.56. The number of aromatic nitrogens is 1. The van der Waals surface area contributed by atoms with Gasteiger partial charge in [-0.3, -0.25) is 14.6 Å². The van der Waals surface area contributed by atoms with Crippen LogP contribution in [0.3, 0.4) is 0 Å². The first-order chi connectivity index (χ1) is 10.7. The molecule has 2 rings (SSSR count). The van der Waals surface area contributed by atoms with E-state index in [-0.39, 0.29) is 18.0 Å². The largest absolute Gasteiger partial charge is 0.507 e. The van der Waals surface area contributed by atoms with Gasteiger partial charge in [-0.25, -0.2) is 5.43 Å². The van der Waals surface area contributed by atoms with Crippen molar-refractivity contribution in [1.82, 2.24) is 15.7 Å². The van der Waals surface area contributed by atoms with Gasteiger partial charge in [0.05, 0.1) is 12.8 Å². The number of hydrogen-bond acceptors (Lipinski definition) is 5. The van der Waals surface area contributed by atoms with Crippen molar-refractivity contribution in [2.45, 2.75) is 0 Å². The van der Waals surface area contributed by atoms with Crippen LogP contribution in [0.5, 0.6) is 5.75 Å². The molecule has 0 spiro atoms. The molecule has 0 saturated heterocycles. The normalized spacial score (nSPS) is 10.4. The number of aromatic hydroxyl groups is 1. The van der Waals surface area contributed by atoms with Gasteiger partial charge in [-0.1, -0.05) is 18.2 Å². The number of rotatable bonds is 5. The number of hydrazone groups is 1. The van der Waals surface area contributed by atoms with Gasteiger partial charge >= 0.3 is 0 Å². The highest BCUT2D eigenvalue weighted by atomic mass is 16.3. The number of carbonyl (C=O) groups is 2. The maximum Gasteiger partial charge on any atom is 0.270 e. The lowest BCUT2D eigenvalue weighted by Gasteiger charge is -2.03. The molecule has 2 amide bonds. The number of carbonyl (C=O) groups excluding carboxylic acids is 2. The first kappa shape index (κ1) is 15.2. The fraction of sp³-hybridized carbons (Fsp3) is 0.0667. The summed E-state index contributed by atoms with van der Waals surface area (Å²) in [5.74, 6) is -0.875. The zero-order valence-electron chi connectivity index (χ0n) is 11.6. The van der Waals surface area contributed by atoms with E-state index < -0.39 is 11.8 Å². The minimum Gasteiger partial charge on any atom is -0.507 e. The summed E-state index contributed by atoms with van der Waals surface area (Å²) in [7, 11) is 0. The molecule has 0 bridgehead atoms. The molecule has 0 radical (unpaired) electrons. The molecule has 7 nitrogen and oxygen atoms in total. The van der Waals surface area contributed by atoms with Crippen LogP contribution in [0.25, 0.3) is 0 Å². The molecule has 2 aromatic rings. The van der Waals surface area contributed by atoms with Crippen LogP contribution in [0.1, 0.15) is 16.1 Å². The predicted molar refractivity (Wildman–Crippen MR) is 80.4 cm³/mol. The van der Waals surface area contributed by atoms with E-state index in [1.54, 1.807) is 36.4 Å². The maximum atomic E-state index is 11.7. The molecule has 22 heavy (non-hydrogen) atoms. The Balaban J connectivity index is 1.79. The van der Waals surface area contributed by atoms with Crippen LogP contribution >= 0.6 is 0 Å². The summed E-state index contributed by atoms with van der Waals surface area (Å²) in [4.78, 5) is 27.1. The lowest BCUT2D eigenvalue weighted by atomic mass is 10.2. The van der Waals surface area contributed by atoms with Crippen LogP contribution in [-0.4, -0.2) is 34.7 Å². The second kappa shape index (κ2) is 7.53. The molecule has 1 aromatic carbocycles. The number of nitrogens with one attached hydrogen (secondary N) is 2. The lowest BCUT2D eigenvalue weighted by molar-refractivity contribution is -0.120. The minimum atomic E-state index is -0.490. The second-order valence-electron chi connectivity index (χ2n) is 4.25. The van der Waals surface area contributed by atoms with Gasteiger partial charge in [-0.15, -0.1) is 0 Å². The van der Waals surface area contributed by atoms with Gasteiger partial charge in [0.1, 0.15) is 11.4 Å². The molecule has 1 heterocycles. The summed E-state index contributed by atoms with van der Waals surface area (Å²) >= 11 is 0. The van der Waals surface area contributed by atoms with Crippen molar-refractivity contribution in [3.8, 4) is 5.75 Å². The van der Waals surface area contributed by atoms with Crippen molar-refractivity contribution in [2.24, 2.45) is 5.10 Å². The van der Waals surface area contributed by atoms with Gasteiger partial charge < -0.3 is 10.4 Å². The molecular weight excluding hydrogens is 284 g/mol. The summed E-state index contributed by atoms with van der Waals surface area (Å²) in [5.41, 5.74) is 2.95. The van der Waals surface area contributed by atoms with Crippen molar-refractivity contribution >= 4 is 18.0 Å². The van der Waals surface area contributed by atoms with Gasteiger partial charge in [0.15, 0.2) is 0 Å². The maximum absolute atomic E-state index is 11.7. The second-order valence-corrected chi connectivity index (χ2v) is 4.25. The SMILES string of the molecule is O=C(CNC(=O)c1ccccn1)NN=Cc1ccccc1O. The third kappa shape index (κ3) is 4.41.